The summed E-state index contributed by atoms with van der Waals surface area (Å²) in [5.74, 6) is -6.14. The number of nitrogens with two attached hydrogens (primary N) is 1. The van der Waals surface area contributed by atoms with E-state index >= 15 is 0 Å². The molecule has 0 radical (unpaired) electrons. The van der Waals surface area contributed by atoms with Gasteiger partial charge in [-0.15, -0.1) is 0 Å². The fourth-order valence-electron chi connectivity index (χ4n) is 6.23. The molecule has 0 saturated heterocycles. The number of hydrogen-bond acceptors (Lipinski definition) is 12. The Bertz CT molecular complexity index is 2090. The Labute approximate surface area is 323 Å². The Hall–Kier alpha value is -6.04. The summed E-state index contributed by atoms with van der Waals surface area (Å²) in [6.45, 7) is 13.9. The number of carboxylic acids is 1. The Morgan fingerprint density at radius 2 is 1.48 bits per heavy atom. The van der Waals surface area contributed by atoms with Crippen LogP contribution in [0, 0.1) is 25.7 Å². The molecule has 7 N–H and O–H groups in total. The van der Waals surface area contributed by atoms with Crippen molar-refractivity contribution < 1.29 is 48.5 Å². The largest absolute Gasteiger partial charge is 0.511 e. The number of fused-ring (bicyclic) bond motifs is 2. The Morgan fingerprint density at radius 1 is 0.893 bits per heavy atom. The summed E-state index contributed by atoms with van der Waals surface area (Å²) >= 11 is 0. The van der Waals surface area contributed by atoms with E-state index in [1.54, 1.807) is 34.6 Å². The van der Waals surface area contributed by atoms with Gasteiger partial charge in [-0.05, 0) is 44.2 Å². The van der Waals surface area contributed by atoms with Crippen molar-refractivity contribution in [2.24, 2.45) is 11.8 Å². The topological polar surface area (TPSA) is 266 Å². The molecule has 0 fully saturated rings. The van der Waals surface area contributed by atoms with Crippen molar-refractivity contribution in [3.63, 3.8) is 0 Å². The quantitative estimate of drug-likeness (QED) is 0.0722. The van der Waals surface area contributed by atoms with Gasteiger partial charge in [0.05, 0.1) is 36.5 Å². The molecule has 0 saturated carbocycles. The number of benzene rings is 2. The number of carbonyl (C=O) groups is 6. The number of aromatic carboxylic acids is 1. The monoisotopic (exact) mass is 781 g/mol. The smallest absolute Gasteiger partial charge is 0.340 e. The number of nitrogen functional groups attached to an aromatic ring is 1. The predicted octanol–water partition coefficient (Wildman–Crippen LogP) is 1.28. The third kappa shape index (κ3) is 9.24. The number of amides is 5. The van der Waals surface area contributed by atoms with Crippen LogP contribution in [0.25, 0.3) is 22.6 Å². The van der Waals surface area contributed by atoms with Gasteiger partial charge in [-0.25, -0.2) is 9.78 Å². The van der Waals surface area contributed by atoms with Gasteiger partial charge in [0, 0.05) is 26.7 Å². The van der Waals surface area contributed by atoms with Crippen LogP contribution >= 0.6 is 0 Å². The number of nitrogens with zero attached hydrogens (tertiary/aromatic N) is 4. The highest BCUT2D eigenvalue weighted by Crippen LogP contribution is 2.34. The lowest BCUT2D eigenvalue weighted by Gasteiger charge is -2.32. The van der Waals surface area contributed by atoms with Crippen molar-refractivity contribution in [3.8, 4) is 11.5 Å². The Morgan fingerprint density at radius 3 is 2.00 bits per heavy atom. The van der Waals surface area contributed by atoms with Crippen LogP contribution in [0.1, 0.15) is 66.5 Å². The molecule has 1 aliphatic heterocycles. The van der Waals surface area contributed by atoms with E-state index in [1.807, 2.05) is 0 Å². The zero-order valence-electron chi connectivity index (χ0n) is 33.2. The lowest BCUT2D eigenvalue weighted by Crippen LogP contribution is -2.59. The number of likely N-dealkylation sites (N-methyl/N-ethyl adjacent to an activating group) is 3. The fraction of sp³-hybridized carbons (Fsp3) is 0.474. The number of aryl methyl sites for hydroxylation is 1. The zero-order valence-corrected chi connectivity index (χ0v) is 33.2. The van der Waals surface area contributed by atoms with Crippen molar-refractivity contribution in [2.45, 2.75) is 72.7 Å². The van der Waals surface area contributed by atoms with Gasteiger partial charge in [-0.2, -0.15) is 0 Å². The molecule has 4 atom stereocenters. The number of carboxylic acid groups (broad SMARTS) is 1. The number of carbonyl (C=O) groups excluding carboxylic acids is 5. The standard InChI is InChI=1S/C38H51N7O11/c1-16(2)27(37(53)44(10)14-23(48)43(9)15-24(49)45(11)31(17(3)4)21(8)47)41-36(52)28(20(7)46)42-35(51)22-13-12-18(5)33-29(22)40-30-25(38(54)55)26(39)32(50)19(6)34(30)56-33/h12-13,16-17,20,27-28,31,46-47H,8,14-15,39H2,1-7,9-11H3,(H,41,52)(H,42,51)(H,54,55). The van der Waals surface area contributed by atoms with Crippen molar-refractivity contribution in [1.82, 2.24) is 30.3 Å². The molecular weight excluding hydrogens is 730 g/mol. The highest BCUT2D eigenvalue weighted by Gasteiger charge is 2.35. The molecule has 0 spiro atoms. The van der Waals surface area contributed by atoms with Crippen LogP contribution in [0.3, 0.4) is 0 Å². The first kappa shape index (κ1) is 44.4. The van der Waals surface area contributed by atoms with E-state index < -0.39 is 88.9 Å². The van der Waals surface area contributed by atoms with E-state index in [4.69, 9.17) is 10.2 Å². The average molecular weight is 782 g/mol. The second kappa shape index (κ2) is 17.6. The number of anilines is 1. The molecule has 18 heteroatoms. The third-order valence-electron chi connectivity index (χ3n) is 9.47. The van der Waals surface area contributed by atoms with Crippen LogP contribution in [0.5, 0.6) is 0 Å². The molecule has 0 bridgehead atoms. The van der Waals surface area contributed by atoms with E-state index in [1.165, 1.54) is 52.0 Å². The fourth-order valence-corrected chi connectivity index (χ4v) is 6.23. The first-order chi connectivity index (χ1) is 25.9. The summed E-state index contributed by atoms with van der Waals surface area (Å²) in [5, 5.41) is 35.5. The summed E-state index contributed by atoms with van der Waals surface area (Å²) in [4.78, 5) is 99.7. The van der Waals surface area contributed by atoms with Gasteiger partial charge in [0.1, 0.15) is 34.6 Å². The average Bonchev–Trinajstić information content (AvgIpc) is 3.10. The maximum Gasteiger partial charge on any atom is 0.340 e. The minimum absolute atomic E-state index is 0.0113. The summed E-state index contributed by atoms with van der Waals surface area (Å²) in [6.07, 6.45) is -1.49. The number of aromatic nitrogens is 1. The maximum absolute atomic E-state index is 13.8. The molecular formula is C38H51N7O11. The van der Waals surface area contributed by atoms with Crippen LogP contribution in [0.4, 0.5) is 5.69 Å². The molecule has 1 aliphatic carbocycles. The lowest BCUT2D eigenvalue weighted by atomic mass is 10.00. The van der Waals surface area contributed by atoms with Gasteiger partial charge in [-0.3, -0.25) is 28.8 Å². The van der Waals surface area contributed by atoms with Gasteiger partial charge in [0.15, 0.2) is 11.3 Å². The van der Waals surface area contributed by atoms with Crippen LogP contribution in [-0.2, 0) is 19.2 Å². The first-order valence-corrected chi connectivity index (χ1v) is 17.7. The minimum atomic E-state index is -1.62. The van der Waals surface area contributed by atoms with Crippen LogP contribution in [0.15, 0.2) is 33.7 Å². The Balaban J connectivity index is 1.84. The molecule has 56 heavy (non-hydrogen) atoms. The van der Waals surface area contributed by atoms with Crippen LogP contribution in [0.2, 0.25) is 0 Å². The second-order valence-corrected chi connectivity index (χ2v) is 14.6. The summed E-state index contributed by atoms with van der Waals surface area (Å²) in [7, 11) is 4.21. The second-order valence-electron chi connectivity index (χ2n) is 14.6. The van der Waals surface area contributed by atoms with E-state index in [2.05, 4.69) is 22.2 Å². The molecule has 304 valence electrons. The predicted molar refractivity (Wildman–Crippen MR) is 206 cm³/mol. The molecule has 1 heterocycles. The zero-order chi connectivity index (χ0) is 42.7. The molecule has 18 nitrogen and oxygen atoms in total. The van der Waals surface area contributed by atoms with Gasteiger partial charge >= 0.3 is 5.97 Å². The number of nitrogens with one attached hydrogen (secondary N) is 2. The summed E-state index contributed by atoms with van der Waals surface area (Å²) in [5.41, 5.74) is 3.92. The lowest BCUT2D eigenvalue weighted by molar-refractivity contribution is -0.144. The molecule has 2 aliphatic rings. The normalized spacial score (nSPS) is 13.5. The van der Waals surface area contributed by atoms with Crippen molar-refractivity contribution in [3.05, 3.63) is 56.9 Å². The highest BCUT2D eigenvalue weighted by atomic mass is 16.4. The van der Waals surface area contributed by atoms with Gasteiger partial charge in [-0.1, -0.05) is 40.3 Å². The third-order valence-corrected chi connectivity index (χ3v) is 9.47. The number of hydrogen-bond donors (Lipinski definition) is 6. The SMILES string of the molecule is C=C(O)C(C(C)C)N(C)C(=O)CN(C)C(=O)CN(C)C(=O)C(NC(=O)C(NC(=O)c1ccc(C)c2oc3c(C)c(=O)c(N)c(C(=O)O)c-3nc12)C(C)O)C(C)C. The van der Waals surface area contributed by atoms with Gasteiger partial charge in [0.2, 0.25) is 29.1 Å². The van der Waals surface area contributed by atoms with Crippen LogP contribution in [-0.4, -0.2) is 129 Å². The van der Waals surface area contributed by atoms with E-state index in [0.29, 0.717) is 5.56 Å². The first-order valence-electron chi connectivity index (χ1n) is 17.7. The molecule has 1 aromatic rings. The van der Waals surface area contributed by atoms with Crippen molar-refractivity contribution >= 4 is 52.3 Å². The molecule has 0 aromatic heterocycles. The molecule has 5 amide bonds. The van der Waals surface area contributed by atoms with Gasteiger partial charge in [0.25, 0.3) is 5.91 Å². The van der Waals surface area contributed by atoms with E-state index in [9.17, 15) is 48.9 Å². The summed E-state index contributed by atoms with van der Waals surface area (Å²) in [6, 6.07) is -0.640. The van der Waals surface area contributed by atoms with E-state index in [-0.39, 0.29) is 51.9 Å². The van der Waals surface area contributed by atoms with E-state index in [0.717, 1.165) is 9.80 Å². The molecule has 3 rings (SSSR count). The molecule has 1 aromatic carbocycles. The van der Waals surface area contributed by atoms with Crippen molar-refractivity contribution in [1.29, 1.82) is 0 Å². The molecule has 4 unspecified atom stereocenters. The van der Waals surface area contributed by atoms with Crippen molar-refractivity contribution in [2.75, 3.05) is 40.0 Å². The number of rotatable bonds is 15. The Kier molecular flexibility index (Phi) is 14.0. The number of aliphatic hydroxyl groups is 2. The summed E-state index contributed by atoms with van der Waals surface area (Å²) < 4.78 is 5.96. The highest BCUT2D eigenvalue weighted by molar-refractivity contribution is 6.08. The number of aliphatic hydroxyl groups excluding tert-OH is 2. The van der Waals surface area contributed by atoms with Crippen LogP contribution < -0.4 is 21.8 Å². The minimum Gasteiger partial charge on any atom is -0.511 e. The van der Waals surface area contributed by atoms with Gasteiger partial charge < -0.3 is 50.8 Å². The maximum atomic E-state index is 13.8.